The SMILES string of the molecule is O=C(Nc1ncccn1)C1CCCN(c2cc(-n3cccn3)ncn2)C1. The van der Waals surface area contributed by atoms with Crippen molar-refractivity contribution in [2.75, 3.05) is 23.3 Å². The highest BCUT2D eigenvalue weighted by Gasteiger charge is 2.27. The number of anilines is 2. The van der Waals surface area contributed by atoms with E-state index in [-0.39, 0.29) is 11.8 Å². The minimum absolute atomic E-state index is 0.0674. The van der Waals surface area contributed by atoms with Gasteiger partial charge in [0.1, 0.15) is 12.1 Å². The molecule has 3 aromatic rings. The van der Waals surface area contributed by atoms with Crippen molar-refractivity contribution in [1.29, 1.82) is 0 Å². The molecule has 1 aliphatic rings. The van der Waals surface area contributed by atoms with E-state index in [9.17, 15) is 4.79 Å². The average molecular weight is 350 g/mol. The molecular weight excluding hydrogens is 332 g/mol. The standard InChI is InChI=1S/C17H18N8O/c26-16(23-17-18-5-2-6-19-17)13-4-1-8-24(11-13)14-10-15(21-12-20-14)25-9-3-7-22-25/h2-3,5-7,9-10,12-13H,1,4,8,11H2,(H,18,19,23,26). The van der Waals surface area contributed by atoms with Gasteiger partial charge in [-0.1, -0.05) is 0 Å². The van der Waals surface area contributed by atoms with Gasteiger partial charge in [0.05, 0.1) is 5.92 Å². The topological polar surface area (TPSA) is 102 Å². The average Bonchev–Trinajstić information content (AvgIpc) is 3.24. The molecule has 0 aliphatic carbocycles. The highest BCUT2D eigenvalue weighted by Crippen LogP contribution is 2.23. The van der Waals surface area contributed by atoms with Crippen LogP contribution in [-0.4, -0.2) is 48.7 Å². The lowest BCUT2D eigenvalue weighted by Crippen LogP contribution is -2.41. The van der Waals surface area contributed by atoms with Crippen LogP contribution in [0.1, 0.15) is 12.8 Å². The number of amides is 1. The third-order valence-electron chi connectivity index (χ3n) is 4.29. The Bertz CT molecular complexity index is 867. The lowest BCUT2D eigenvalue weighted by atomic mass is 9.97. The predicted molar refractivity (Wildman–Crippen MR) is 94.8 cm³/mol. The molecule has 0 spiro atoms. The summed E-state index contributed by atoms with van der Waals surface area (Å²) < 4.78 is 1.69. The van der Waals surface area contributed by atoms with E-state index >= 15 is 0 Å². The van der Waals surface area contributed by atoms with Crippen molar-refractivity contribution in [1.82, 2.24) is 29.7 Å². The maximum atomic E-state index is 12.5. The molecule has 1 fully saturated rings. The molecule has 1 amide bonds. The molecule has 4 rings (SSSR count). The molecule has 1 unspecified atom stereocenters. The Morgan fingerprint density at radius 1 is 1.08 bits per heavy atom. The monoisotopic (exact) mass is 350 g/mol. The van der Waals surface area contributed by atoms with Crippen molar-refractivity contribution in [3.63, 3.8) is 0 Å². The fourth-order valence-corrected chi connectivity index (χ4v) is 3.01. The number of nitrogens with zero attached hydrogens (tertiary/aromatic N) is 7. The first-order chi connectivity index (χ1) is 12.8. The number of rotatable bonds is 4. The van der Waals surface area contributed by atoms with Crippen LogP contribution < -0.4 is 10.2 Å². The van der Waals surface area contributed by atoms with Crippen molar-refractivity contribution in [2.24, 2.45) is 5.92 Å². The van der Waals surface area contributed by atoms with Crippen LogP contribution in [0.4, 0.5) is 11.8 Å². The van der Waals surface area contributed by atoms with Gasteiger partial charge < -0.3 is 4.90 Å². The van der Waals surface area contributed by atoms with E-state index in [1.165, 1.54) is 6.33 Å². The Kier molecular flexibility index (Phi) is 4.50. The van der Waals surface area contributed by atoms with Gasteiger partial charge in [-0.3, -0.25) is 10.1 Å². The summed E-state index contributed by atoms with van der Waals surface area (Å²) in [5.74, 6) is 1.61. The van der Waals surface area contributed by atoms with Crippen molar-refractivity contribution in [2.45, 2.75) is 12.8 Å². The third-order valence-corrected chi connectivity index (χ3v) is 4.29. The molecular formula is C17H18N8O. The maximum Gasteiger partial charge on any atom is 0.231 e. The first-order valence-corrected chi connectivity index (χ1v) is 8.44. The van der Waals surface area contributed by atoms with Crippen molar-refractivity contribution < 1.29 is 4.79 Å². The number of hydrogen-bond acceptors (Lipinski definition) is 7. The van der Waals surface area contributed by atoms with Crippen molar-refractivity contribution in [3.8, 4) is 5.82 Å². The van der Waals surface area contributed by atoms with Gasteiger partial charge >= 0.3 is 0 Å². The zero-order chi connectivity index (χ0) is 17.8. The molecule has 9 heteroatoms. The molecule has 1 N–H and O–H groups in total. The normalized spacial score (nSPS) is 17.1. The smallest absolute Gasteiger partial charge is 0.231 e. The highest BCUT2D eigenvalue weighted by molar-refractivity contribution is 5.91. The van der Waals surface area contributed by atoms with Gasteiger partial charge in [0.25, 0.3) is 0 Å². The van der Waals surface area contributed by atoms with Crippen LogP contribution in [0.3, 0.4) is 0 Å². The molecule has 0 radical (unpaired) electrons. The van der Waals surface area contributed by atoms with Crippen molar-refractivity contribution >= 4 is 17.7 Å². The molecule has 3 aromatic heterocycles. The summed E-state index contributed by atoms with van der Waals surface area (Å²) in [5.41, 5.74) is 0. The second-order valence-electron chi connectivity index (χ2n) is 6.03. The predicted octanol–water partition coefficient (Wildman–Crippen LogP) is 1.31. The lowest BCUT2D eigenvalue weighted by Gasteiger charge is -2.32. The number of piperidine rings is 1. The zero-order valence-corrected chi connectivity index (χ0v) is 14.1. The molecule has 0 saturated carbocycles. The third kappa shape index (κ3) is 3.51. The van der Waals surface area contributed by atoms with E-state index in [4.69, 9.17) is 0 Å². The van der Waals surface area contributed by atoms with Crippen molar-refractivity contribution in [3.05, 3.63) is 49.3 Å². The Balaban J connectivity index is 1.47. The molecule has 0 aromatic carbocycles. The van der Waals surface area contributed by atoms with Crippen LogP contribution in [0.2, 0.25) is 0 Å². The van der Waals surface area contributed by atoms with Crippen LogP contribution >= 0.6 is 0 Å². The number of carbonyl (C=O) groups excluding carboxylic acids is 1. The summed E-state index contributed by atoms with van der Waals surface area (Å²) in [5, 5.41) is 6.98. The van der Waals surface area contributed by atoms with Crippen LogP contribution in [0.25, 0.3) is 5.82 Å². The molecule has 132 valence electrons. The van der Waals surface area contributed by atoms with E-state index in [0.29, 0.717) is 18.3 Å². The Hall–Kier alpha value is -3.36. The fourth-order valence-electron chi connectivity index (χ4n) is 3.01. The highest BCUT2D eigenvalue weighted by atomic mass is 16.2. The van der Waals surface area contributed by atoms with Crippen LogP contribution in [0, 0.1) is 5.92 Å². The second kappa shape index (κ2) is 7.26. The summed E-state index contributed by atoms with van der Waals surface area (Å²) in [7, 11) is 0. The first kappa shape index (κ1) is 16.1. The largest absolute Gasteiger partial charge is 0.356 e. The second-order valence-corrected chi connectivity index (χ2v) is 6.03. The van der Waals surface area contributed by atoms with Gasteiger partial charge in [-0.2, -0.15) is 5.10 Å². The van der Waals surface area contributed by atoms with Crippen LogP contribution in [0.5, 0.6) is 0 Å². The minimum atomic E-state index is -0.143. The van der Waals surface area contributed by atoms with Gasteiger partial charge in [0.2, 0.25) is 11.9 Å². The summed E-state index contributed by atoms with van der Waals surface area (Å²) in [6.07, 6.45) is 10.0. The van der Waals surface area contributed by atoms with E-state index < -0.39 is 0 Å². The van der Waals surface area contributed by atoms with Gasteiger partial charge in [0.15, 0.2) is 5.82 Å². The van der Waals surface area contributed by atoms with E-state index in [1.54, 1.807) is 29.3 Å². The molecule has 9 nitrogen and oxygen atoms in total. The summed E-state index contributed by atoms with van der Waals surface area (Å²) in [6, 6.07) is 5.44. The molecule has 0 bridgehead atoms. The van der Waals surface area contributed by atoms with Gasteiger partial charge in [-0.05, 0) is 25.0 Å². The number of carbonyl (C=O) groups is 1. The minimum Gasteiger partial charge on any atom is -0.356 e. The Labute approximate surface area is 150 Å². The lowest BCUT2D eigenvalue weighted by molar-refractivity contribution is -0.120. The van der Waals surface area contributed by atoms with E-state index in [1.807, 2.05) is 18.3 Å². The maximum absolute atomic E-state index is 12.5. The van der Waals surface area contributed by atoms with Gasteiger partial charge in [0, 0.05) is 43.9 Å². The summed E-state index contributed by atoms with van der Waals surface area (Å²) in [4.78, 5) is 31.3. The van der Waals surface area contributed by atoms with Crippen LogP contribution in [0.15, 0.2) is 49.3 Å². The summed E-state index contributed by atoms with van der Waals surface area (Å²) >= 11 is 0. The first-order valence-electron chi connectivity index (χ1n) is 8.44. The molecule has 1 atom stereocenters. The molecule has 1 aliphatic heterocycles. The quantitative estimate of drug-likeness (QED) is 0.757. The Morgan fingerprint density at radius 2 is 1.92 bits per heavy atom. The van der Waals surface area contributed by atoms with E-state index in [2.05, 4.69) is 35.3 Å². The fraction of sp³-hybridized carbons (Fsp3) is 0.294. The van der Waals surface area contributed by atoms with Crippen LogP contribution in [-0.2, 0) is 4.79 Å². The molecule has 26 heavy (non-hydrogen) atoms. The summed E-state index contributed by atoms with van der Waals surface area (Å²) in [6.45, 7) is 1.44. The zero-order valence-electron chi connectivity index (χ0n) is 14.1. The van der Waals surface area contributed by atoms with E-state index in [0.717, 1.165) is 25.2 Å². The molecule has 1 saturated heterocycles. The number of aromatic nitrogens is 6. The number of nitrogens with one attached hydrogen (secondary N) is 1. The molecule has 4 heterocycles. The van der Waals surface area contributed by atoms with Gasteiger partial charge in [-0.15, -0.1) is 0 Å². The Morgan fingerprint density at radius 3 is 2.73 bits per heavy atom. The number of hydrogen-bond donors (Lipinski definition) is 1. The van der Waals surface area contributed by atoms with Gasteiger partial charge in [-0.25, -0.2) is 24.6 Å².